The average molecular weight is 551 g/mol. The van der Waals surface area contributed by atoms with E-state index in [0.717, 1.165) is 36.6 Å². The number of amides is 1. The van der Waals surface area contributed by atoms with Gasteiger partial charge in [-0.3, -0.25) is 4.79 Å². The third-order valence-corrected chi connectivity index (χ3v) is 7.05. The van der Waals surface area contributed by atoms with Crippen LogP contribution in [0.15, 0.2) is 71.7 Å². The van der Waals surface area contributed by atoms with Gasteiger partial charge in [-0.05, 0) is 35.8 Å². The predicted molar refractivity (Wildman–Crippen MR) is 119 cm³/mol. The van der Waals surface area contributed by atoms with Gasteiger partial charge in [0.15, 0.2) is 9.84 Å². The molecular weight excluding hydrogens is 531 g/mol. The molecule has 0 bridgehead atoms. The van der Waals surface area contributed by atoms with Crippen LogP contribution in [0, 0.1) is 5.82 Å². The van der Waals surface area contributed by atoms with Crippen LogP contribution in [0.3, 0.4) is 0 Å². The molecule has 2 aromatic rings. The Balaban J connectivity index is 2.01. The van der Waals surface area contributed by atoms with Gasteiger partial charge < -0.3 is 10.4 Å². The van der Waals surface area contributed by atoms with Gasteiger partial charge in [0.25, 0.3) is 5.60 Å². The molecule has 1 unspecified atom stereocenters. The zero-order valence-corrected chi connectivity index (χ0v) is 19.8. The summed E-state index contributed by atoms with van der Waals surface area (Å²) in [6.45, 7) is 0. The summed E-state index contributed by atoms with van der Waals surface area (Å²) in [5.41, 5.74) is -8.90. The Morgan fingerprint density at radius 3 is 2.03 bits per heavy atom. The Morgan fingerprint density at radius 1 is 1.00 bits per heavy atom. The number of hydrogen-bond donors (Lipinski definition) is 2. The minimum absolute atomic E-state index is 0.0500. The van der Waals surface area contributed by atoms with Gasteiger partial charge in [0.05, 0.1) is 11.3 Å². The smallest absolute Gasteiger partial charge is 0.372 e. The standard InChI is InChI=1S/C24H20F7NO4S/c1-37(35,36)17-8-6-15(7-9-17)14-20(33)32-21(22(34,23(26,27)28)24(29,30)31)12-10-16(11-13-21)18-4-2-3-5-19(18)25/h2-12,34H,13-14H2,1H3,(H,32,33). The number of rotatable bonds is 6. The minimum Gasteiger partial charge on any atom is -0.372 e. The van der Waals surface area contributed by atoms with Gasteiger partial charge in [-0.15, -0.1) is 0 Å². The van der Waals surface area contributed by atoms with Gasteiger partial charge in [-0.2, -0.15) is 26.3 Å². The fourth-order valence-electron chi connectivity index (χ4n) is 3.99. The highest BCUT2D eigenvalue weighted by atomic mass is 32.2. The number of benzene rings is 2. The van der Waals surface area contributed by atoms with Crippen LogP contribution in [0.4, 0.5) is 30.7 Å². The number of carbonyl (C=O) groups excluding carboxylic acids is 1. The van der Waals surface area contributed by atoms with Crippen molar-refractivity contribution in [1.29, 1.82) is 0 Å². The summed E-state index contributed by atoms with van der Waals surface area (Å²) in [4.78, 5) is 12.6. The van der Waals surface area contributed by atoms with Crippen LogP contribution in [0.2, 0.25) is 0 Å². The molecule has 2 aromatic carbocycles. The fourth-order valence-corrected chi connectivity index (χ4v) is 4.62. The van der Waals surface area contributed by atoms with Gasteiger partial charge >= 0.3 is 12.4 Å². The van der Waals surface area contributed by atoms with Crippen LogP contribution in [0.25, 0.3) is 5.57 Å². The molecule has 0 fully saturated rings. The molecule has 2 N–H and O–H groups in total. The molecule has 0 saturated heterocycles. The van der Waals surface area contributed by atoms with Gasteiger partial charge in [0, 0.05) is 11.8 Å². The molecule has 0 saturated carbocycles. The highest BCUT2D eigenvalue weighted by Gasteiger charge is 2.79. The summed E-state index contributed by atoms with van der Waals surface area (Å²) >= 11 is 0. The van der Waals surface area contributed by atoms with Crippen molar-refractivity contribution < 1.29 is 49.1 Å². The lowest BCUT2D eigenvalue weighted by atomic mass is 9.72. The molecule has 1 atom stereocenters. The first-order chi connectivity index (χ1) is 16.9. The van der Waals surface area contributed by atoms with Crippen LogP contribution in [-0.2, 0) is 21.1 Å². The molecule has 0 aromatic heterocycles. The number of halogens is 7. The van der Waals surface area contributed by atoms with E-state index in [9.17, 15) is 49.1 Å². The average Bonchev–Trinajstić information content (AvgIpc) is 2.77. The van der Waals surface area contributed by atoms with Crippen molar-refractivity contribution in [2.75, 3.05) is 6.26 Å². The van der Waals surface area contributed by atoms with E-state index in [0.29, 0.717) is 6.08 Å². The van der Waals surface area contributed by atoms with Gasteiger partial charge in [-0.1, -0.05) is 48.6 Å². The first-order valence-electron chi connectivity index (χ1n) is 10.5. The van der Waals surface area contributed by atoms with E-state index >= 15 is 0 Å². The first kappa shape index (κ1) is 28.4. The summed E-state index contributed by atoms with van der Waals surface area (Å²) in [7, 11) is -3.59. The highest BCUT2D eigenvalue weighted by molar-refractivity contribution is 7.90. The molecule has 200 valence electrons. The van der Waals surface area contributed by atoms with Crippen LogP contribution < -0.4 is 5.32 Å². The largest absolute Gasteiger partial charge is 0.429 e. The molecule has 0 spiro atoms. The summed E-state index contributed by atoms with van der Waals surface area (Å²) in [6, 6.07) is 9.66. The van der Waals surface area contributed by atoms with Crippen molar-refractivity contribution in [3.05, 3.63) is 83.7 Å². The maximum atomic E-state index is 14.1. The van der Waals surface area contributed by atoms with Crippen LogP contribution >= 0.6 is 0 Å². The number of sulfone groups is 1. The fraction of sp³-hybridized carbons (Fsp3) is 0.292. The Bertz CT molecular complexity index is 1330. The van der Waals surface area contributed by atoms with Crippen molar-refractivity contribution in [2.45, 2.75) is 41.2 Å². The molecule has 13 heteroatoms. The lowest BCUT2D eigenvalue weighted by Gasteiger charge is -2.47. The van der Waals surface area contributed by atoms with Gasteiger partial charge in [0.2, 0.25) is 5.91 Å². The van der Waals surface area contributed by atoms with E-state index < -0.39 is 57.9 Å². The van der Waals surface area contributed by atoms with Crippen molar-refractivity contribution >= 4 is 21.3 Å². The molecule has 1 aliphatic carbocycles. The molecule has 1 aliphatic rings. The van der Waals surface area contributed by atoms with Crippen molar-refractivity contribution in [3.63, 3.8) is 0 Å². The van der Waals surface area contributed by atoms with E-state index in [1.165, 1.54) is 30.3 Å². The Kier molecular flexibility index (Phi) is 7.36. The number of aliphatic hydroxyl groups is 1. The first-order valence-corrected chi connectivity index (χ1v) is 12.4. The SMILES string of the molecule is CS(=O)(=O)c1ccc(CC(=O)NC2(C(O)(C(F)(F)F)C(F)(F)F)C=CC(c3ccccc3F)=CC2)cc1. The number of nitrogens with one attached hydrogen (secondary N) is 1. The second kappa shape index (κ2) is 9.60. The molecule has 3 rings (SSSR count). The third kappa shape index (κ3) is 5.42. The molecule has 0 radical (unpaired) electrons. The quantitative estimate of drug-likeness (QED) is 0.517. The molecule has 0 heterocycles. The van der Waals surface area contributed by atoms with E-state index in [-0.39, 0.29) is 21.6 Å². The number of hydrogen-bond acceptors (Lipinski definition) is 4. The highest BCUT2D eigenvalue weighted by Crippen LogP contribution is 2.52. The maximum absolute atomic E-state index is 14.1. The van der Waals surface area contributed by atoms with Crippen molar-refractivity contribution in [2.24, 2.45) is 0 Å². The Morgan fingerprint density at radius 2 is 1.57 bits per heavy atom. The molecule has 1 amide bonds. The second-order valence-electron chi connectivity index (χ2n) is 8.50. The lowest BCUT2D eigenvalue weighted by Crippen LogP contribution is -2.75. The zero-order valence-electron chi connectivity index (χ0n) is 19.0. The van der Waals surface area contributed by atoms with E-state index in [4.69, 9.17) is 0 Å². The molecule has 0 aliphatic heterocycles. The maximum Gasteiger partial charge on any atom is 0.429 e. The van der Waals surface area contributed by atoms with Gasteiger partial charge in [-0.25, -0.2) is 12.8 Å². The number of alkyl halides is 6. The second-order valence-corrected chi connectivity index (χ2v) is 10.5. The summed E-state index contributed by atoms with van der Waals surface area (Å²) in [5.74, 6) is -2.10. The molecular formula is C24H20F7NO4S. The zero-order chi connectivity index (χ0) is 27.9. The topological polar surface area (TPSA) is 83.5 Å². The Labute approximate surface area is 207 Å². The normalized spacial score (nSPS) is 18.9. The summed E-state index contributed by atoms with van der Waals surface area (Å²) in [6.07, 6.45) is -11.5. The predicted octanol–water partition coefficient (Wildman–Crippen LogP) is 4.53. The lowest BCUT2D eigenvalue weighted by molar-refractivity contribution is -0.385. The summed E-state index contributed by atoms with van der Waals surface area (Å²) in [5, 5.41) is 11.9. The third-order valence-electron chi connectivity index (χ3n) is 5.92. The van der Waals surface area contributed by atoms with Crippen molar-refractivity contribution in [1.82, 2.24) is 5.32 Å². The molecule has 37 heavy (non-hydrogen) atoms. The van der Waals surface area contributed by atoms with Crippen LogP contribution in [-0.4, -0.2) is 49.2 Å². The summed E-state index contributed by atoms with van der Waals surface area (Å²) < 4.78 is 120. The van der Waals surface area contributed by atoms with E-state index in [1.807, 2.05) is 0 Å². The number of allylic oxidation sites excluding steroid dienone is 2. The van der Waals surface area contributed by atoms with Crippen molar-refractivity contribution in [3.8, 4) is 0 Å². The van der Waals surface area contributed by atoms with E-state index in [2.05, 4.69) is 0 Å². The Hall–Kier alpha value is -3.19. The van der Waals surface area contributed by atoms with E-state index in [1.54, 1.807) is 5.32 Å². The number of carbonyl (C=O) groups is 1. The minimum atomic E-state index is -6.27. The monoisotopic (exact) mass is 551 g/mol. The van der Waals surface area contributed by atoms with Crippen LogP contribution in [0.5, 0.6) is 0 Å². The van der Waals surface area contributed by atoms with Gasteiger partial charge in [0.1, 0.15) is 11.4 Å². The van der Waals surface area contributed by atoms with Crippen LogP contribution in [0.1, 0.15) is 17.5 Å². The molecule has 5 nitrogen and oxygen atoms in total.